The first-order valence-corrected chi connectivity index (χ1v) is 8.01. The van der Waals surface area contributed by atoms with Crippen molar-refractivity contribution in [3.8, 4) is 0 Å². The van der Waals surface area contributed by atoms with Crippen LogP contribution >= 0.6 is 11.3 Å². The van der Waals surface area contributed by atoms with Crippen LogP contribution in [-0.4, -0.2) is 57.0 Å². The number of fused-ring (bicyclic) bond motifs is 1. The van der Waals surface area contributed by atoms with Gasteiger partial charge in [-0.15, -0.1) is 11.3 Å². The summed E-state index contributed by atoms with van der Waals surface area (Å²) in [5.41, 5.74) is 1.20. The zero-order valence-electron chi connectivity index (χ0n) is 13.0. The molecule has 0 saturated heterocycles. The van der Waals surface area contributed by atoms with Gasteiger partial charge >= 0.3 is 0 Å². The van der Waals surface area contributed by atoms with Gasteiger partial charge in [0.1, 0.15) is 0 Å². The van der Waals surface area contributed by atoms with E-state index in [1.165, 1.54) is 5.69 Å². The lowest BCUT2D eigenvalue weighted by Crippen LogP contribution is -2.30. The number of imidazole rings is 1. The van der Waals surface area contributed by atoms with E-state index in [1.807, 2.05) is 7.05 Å². The number of rotatable bonds is 10. The Morgan fingerprint density at radius 3 is 2.81 bits per heavy atom. The SMILES string of the molecule is CNCc1c(N(CCCOC)CCOC)nc2sccn12. The Balaban J connectivity index is 2.23. The van der Waals surface area contributed by atoms with Crippen LogP contribution in [0.3, 0.4) is 0 Å². The summed E-state index contributed by atoms with van der Waals surface area (Å²) in [5, 5.41) is 5.30. The Bertz CT molecular complexity index is 540. The van der Waals surface area contributed by atoms with Gasteiger partial charge in [-0.2, -0.15) is 0 Å². The van der Waals surface area contributed by atoms with Crippen molar-refractivity contribution in [1.82, 2.24) is 14.7 Å². The average Bonchev–Trinajstić information content (AvgIpc) is 3.06. The van der Waals surface area contributed by atoms with Crippen LogP contribution in [0.1, 0.15) is 12.1 Å². The summed E-state index contributed by atoms with van der Waals surface area (Å²) in [7, 11) is 5.42. The number of aromatic nitrogens is 2. The Morgan fingerprint density at radius 1 is 1.29 bits per heavy atom. The molecule has 0 atom stereocenters. The quantitative estimate of drug-likeness (QED) is 0.676. The highest BCUT2D eigenvalue weighted by atomic mass is 32.1. The van der Waals surface area contributed by atoms with E-state index in [9.17, 15) is 0 Å². The zero-order valence-corrected chi connectivity index (χ0v) is 13.8. The molecule has 2 rings (SSSR count). The van der Waals surface area contributed by atoms with Gasteiger partial charge in [0, 0.05) is 52.0 Å². The fraction of sp³-hybridized carbons (Fsp3) is 0.643. The molecule has 0 bridgehead atoms. The molecule has 0 spiro atoms. The van der Waals surface area contributed by atoms with Crippen molar-refractivity contribution in [2.75, 3.05) is 52.5 Å². The van der Waals surface area contributed by atoms with E-state index >= 15 is 0 Å². The van der Waals surface area contributed by atoms with Gasteiger partial charge in [0.15, 0.2) is 10.8 Å². The molecule has 0 aliphatic rings. The normalized spacial score (nSPS) is 11.4. The molecule has 6 nitrogen and oxygen atoms in total. The lowest BCUT2D eigenvalue weighted by molar-refractivity contribution is 0.191. The number of methoxy groups -OCH3 is 2. The highest BCUT2D eigenvalue weighted by Gasteiger charge is 2.18. The molecule has 2 aromatic rings. The first kappa shape index (κ1) is 16.2. The molecule has 0 aliphatic carbocycles. The number of ether oxygens (including phenoxy) is 2. The van der Waals surface area contributed by atoms with E-state index < -0.39 is 0 Å². The number of nitrogens with zero attached hydrogens (tertiary/aromatic N) is 3. The fourth-order valence-corrected chi connectivity index (χ4v) is 3.06. The molecule has 118 valence electrons. The van der Waals surface area contributed by atoms with E-state index in [2.05, 4.69) is 26.2 Å². The van der Waals surface area contributed by atoms with Gasteiger partial charge < -0.3 is 19.7 Å². The molecule has 7 heteroatoms. The van der Waals surface area contributed by atoms with Crippen molar-refractivity contribution >= 4 is 22.1 Å². The second-order valence-corrected chi connectivity index (χ2v) is 5.67. The van der Waals surface area contributed by atoms with Gasteiger partial charge in [0.05, 0.1) is 12.3 Å². The number of hydrogen-bond acceptors (Lipinski definition) is 6. The van der Waals surface area contributed by atoms with Crippen LogP contribution in [0.5, 0.6) is 0 Å². The molecule has 0 amide bonds. The summed E-state index contributed by atoms with van der Waals surface area (Å²) in [6.07, 6.45) is 3.05. The van der Waals surface area contributed by atoms with E-state index in [1.54, 1.807) is 25.6 Å². The Labute approximate surface area is 129 Å². The van der Waals surface area contributed by atoms with E-state index in [4.69, 9.17) is 14.5 Å². The zero-order chi connectivity index (χ0) is 15.1. The number of hydrogen-bond donors (Lipinski definition) is 1. The largest absolute Gasteiger partial charge is 0.385 e. The lowest BCUT2D eigenvalue weighted by atomic mass is 10.3. The standard InChI is InChI=1S/C14H24N4O2S/c1-15-11-12-13(16-14-18(12)7-10-21-14)17(6-9-20-3)5-4-8-19-2/h7,10,15H,4-6,8-9,11H2,1-3H3. The highest BCUT2D eigenvalue weighted by Crippen LogP contribution is 2.24. The minimum absolute atomic E-state index is 0.692. The first-order chi connectivity index (χ1) is 10.3. The molecule has 0 aromatic carbocycles. The van der Waals surface area contributed by atoms with Crippen molar-refractivity contribution in [1.29, 1.82) is 0 Å². The molecular weight excluding hydrogens is 288 g/mol. The number of nitrogens with one attached hydrogen (secondary N) is 1. The summed E-state index contributed by atoms with van der Waals surface area (Å²) < 4.78 is 12.6. The maximum Gasteiger partial charge on any atom is 0.195 e. The summed E-state index contributed by atoms with van der Waals surface area (Å²) in [6, 6.07) is 0. The van der Waals surface area contributed by atoms with Gasteiger partial charge in [-0.05, 0) is 13.5 Å². The maximum absolute atomic E-state index is 5.23. The van der Waals surface area contributed by atoms with Crippen LogP contribution in [-0.2, 0) is 16.0 Å². The molecule has 2 aromatic heterocycles. The van der Waals surface area contributed by atoms with Gasteiger partial charge in [-0.3, -0.25) is 4.40 Å². The van der Waals surface area contributed by atoms with Crippen LogP contribution in [0.25, 0.3) is 4.96 Å². The van der Waals surface area contributed by atoms with Crippen LogP contribution in [0.4, 0.5) is 5.82 Å². The summed E-state index contributed by atoms with van der Waals surface area (Å²) >= 11 is 1.66. The van der Waals surface area contributed by atoms with E-state index in [0.29, 0.717) is 6.61 Å². The van der Waals surface area contributed by atoms with Crippen LogP contribution in [0, 0.1) is 0 Å². The first-order valence-electron chi connectivity index (χ1n) is 7.13. The fourth-order valence-electron chi connectivity index (χ4n) is 2.33. The average molecular weight is 312 g/mol. The van der Waals surface area contributed by atoms with Crippen LogP contribution in [0.15, 0.2) is 11.6 Å². The van der Waals surface area contributed by atoms with Crippen molar-refractivity contribution < 1.29 is 9.47 Å². The van der Waals surface area contributed by atoms with Gasteiger partial charge in [0.2, 0.25) is 0 Å². The molecule has 2 heterocycles. The van der Waals surface area contributed by atoms with Gasteiger partial charge in [0.25, 0.3) is 0 Å². The van der Waals surface area contributed by atoms with Crippen molar-refractivity contribution in [3.63, 3.8) is 0 Å². The van der Waals surface area contributed by atoms with E-state index in [-0.39, 0.29) is 0 Å². The predicted octanol–water partition coefficient (Wildman–Crippen LogP) is 1.60. The van der Waals surface area contributed by atoms with Gasteiger partial charge in [-0.25, -0.2) is 4.98 Å². The minimum atomic E-state index is 0.692. The van der Waals surface area contributed by atoms with Crippen molar-refractivity contribution in [3.05, 3.63) is 17.3 Å². The molecule has 21 heavy (non-hydrogen) atoms. The molecular formula is C14H24N4O2S. The third-order valence-electron chi connectivity index (χ3n) is 3.33. The maximum atomic E-state index is 5.23. The minimum Gasteiger partial charge on any atom is -0.385 e. The Hall–Kier alpha value is -1.15. The molecule has 1 N–H and O–H groups in total. The summed E-state index contributed by atoms with van der Waals surface area (Å²) in [5.74, 6) is 1.05. The molecule has 0 saturated carbocycles. The summed E-state index contributed by atoms with van der Waals surface area (Å²) in [6.45, 7) is 3.99. The molecule has 0 aliphatic heterocycles. The third-order valence-corrected chi connectivity index (χ3v) is 4.08. The smallest absolute Gasteiger partial charge is 0.195 e. The predicted molar refractivity (Wildman–Crippen MR) is 86.4 cm³/mol. The van der Waals surface area contributed by atoms with Crippen LogP contribution < -0.4 is 10.2 Å². The lowest BCUT2D eigenvalue weighted by Gasteiger charge is -2.23. The van der Waals surface area contributed by atoms with Gasteiger partial charge in [-0.1, -0.05) is 0 Å². The Kier molecular flexibility index (Phi) is 6.44. The molecule has 0 fully saturated rings. The second-order valence-electron chi connectivity index (χ2n) is 4.79. The second kappa shape index (κ2) is 8.33. The summed E-state index contributed by atoms with van der Waals surface area (Å²) in [4.78, 5) is 8.11. The number of thiazole rings is 1. The topological polar surface area (TPSA) is 51.0 Å². The van der Waals surface area contributed by atoms with E-state index in [0.717, 1.165) is 43.4 Å². The monoisotopic (exact) mass is 312 g/mol. The van der Waals surface area contributed by atoms with Crippen LogP contribution in [0.2, 0.25) is 0 Å². The highest BCUT2D eigenvalue weighted by molar-refractivity contribution is 7.15. The van der Waals surface area contributed by atoms with Crippen molar-refractivity contribution in [2.24, 2.45) is 0 Å². The van der Waals surface area contributed by atoms with Crippen molar-refractivity contribution in [2.45, 2.75) is 13.0 Å². The Morgan fingerprint density at radius 2 is 2.10 bits per heavy atom. The number of anilines is 1. The molecule has 0 unspecified atom stereocenters. The molecule has 0 radical (unpaired) electrons. The third kappa shape index (κ3) is 3.94.